The van der Waals surface area contributed by atoms with E-state index in [1.807, 2.05) is 32.5 Å². The second-order valence-electron chi connectivity index (χ2n) is 8.19. The first kappa shape index (κ1) is 20.3. The van der Waals surface area contributed by atoms with Crippen LogP contribution in [0, 0.1) is 26.7 Å². The lowest BCUT2D eigenvalue weighted by Gasteiger charge is -2.30. The molecule has 2 aromatic heterocycles. The normalized spacial score (nSPS) is 16.3. The van der Waals surface area contributed by atoms with Crippen molar-refractivity contribution in [1.82, 2.24) is 25.1 Å². The highest BCUT2D eigenvalue weighted by atomic mass is 16.1. The number of nitrogens with zero attached hydrogens (tertiary/aromatic N) is 5. The molecule has 1 N–H and O–H groups in total. The molecule has 0 radical (unpaired) electrons. The SMILES string of the molecule is Cc1nc(N2CCC(C)CC2)ncc1C(=O)NC(C)Cc1c(C)nn(C)c1C. The van der Waals surface area contributed by atoms with E-state index >= 15 is 0 Å². The van der Waals surface area contributed by atoms with Gasteiger partial charge in [0.15, 0.2) is 0 Å². The summed E-state index contributed by atoms with van der Waals surface area (Å²) >= 11 is 0. The molecule has 1 amide bonds. The molecule has 1 aliphatic rings. The van der Waals surface area contributed by atoms with E-state index in [4.69, 9.17) is 0 Å². The van der Waals surface area contributed by atoms with Crippen molar-refractivity contribution in [3.05, 3.63) is 34.4 Å². The van der Waals surface area contributed by atoms with E-state index in [1.165, 1.54) is 5.56 Å². The van der Waals surface area contributed by atoms with Crippen molar-refractivity contribution in [3.63, 3.8) is 0 Å². The summed E-state index contributed by atoms with van der Waals surface area (Å²) in [5.41, 5.74) is 4.61. The van der Waals surface area contributed by atoms with Crippen molar-refractivity contribution < 1.29 is 4.79 Å². The lowest BCUT2D eigenvalue weighted by Crippen LogP contribution is -2.36. The summed E-state index contributed by atoms with van der Waals surface area (Å²) in [5, 5.41) is 7.54. The Morgan fingerprint density at radius 3 is 2.50 bits per heavy atom. The smallest absolute Gasteiger partial charge is 0.254 e. The minimum absolute atomic E-state index is 0.00300. The van der Waals surface area contributed by atoms with Crippen LogP contribution in [0.1, 0.15) is 59.7 Å². The monoisotopic (exact) mass is 384 g/mol. The van der Waals surface area contributed by atoms with Crippen LogP contribution in [-0.4, -0.2) is 44.8 Å². The number of carbonyl (C=O) groups is 1. The number of anilines is 1. The quantitative estimate of drug-likeness (QED) is 0.858. The van der Waals surface area contributed by atoms with Crippen LogP contribution < -0.4 is 10.2 Å². The predicted octanol–water partition coefficient (Wildman–Crippen LogP) is 2.73. The molecule has 7 nitrogen and oxygen atoms in total. The largest absolute Gasteiger partial charge is 0.349 e. The highest BCUT2D eigenvalue weighted by Gasteiger charge is 2.21. The van der Waals surface area contributed by atoms with Crippen molar-refractivity contribution in [1.29, 1.82) is 0 Å². The molecule has 152 valence electrons. The third kappa shape index (κ3) is 4.34. The number of hydrogen-bond acceptors (Lipinski definition) is 5. The van der Waals surface area contributed by atoms with Gasteiger partial charge in [-0.2, -0.15) is 5.10 Å². The molecule has 28 heavy (non-hydrogen) atoms. The molecule has 0 saturated carbocycles. The standard InChI is InChI=1S/C21H32N6O/c1-13-7-9-27(10-8-13)21-22-12-19(15(3)24-21)20(28)23-14(2)11-18-16(4)25-26(6)17(18)5/h12-14H,7-11H2,1-6H3,(H,23,28). The third-order valence-electron chi connectivity index (χ3n) is 5.82. The average Bonchev–Trinajstić information content (AvgIpc) is 2.88. The van der Waals surface area contributed by atoms with E-state index in [2.05, 4.69) is 39.1 Å². The number of piperidine rings is 1. The van der Waals surface area contributed by atoms with Crippen LogP contribution in [0.3, 0.4) is 0 Å². The molecule has 1 aliphatic heterocycles. The van der Waals surface area contributed by atoms with E-state index in [-0.39, 0.29) is 11.9 Å². The average molecular weight is 385 g/mol. The van der Waals surface area contributed by atoms with Gasteiger partial charge >= 0.3 is 0 Å². The van der Waals surface area contributed by atoms with Crippen LogP contribution in [-0.2, 0) is 13.5 Å². The minimum atomic E-state index is -0.122. The Morgan fingerprint density at radius 1 is 1.25 bits per heavy atom. The zero-order valence-electron chi connectivity index (χ0n) is 17.9. The second kappa shape index (κ2) is 8.29. The first-order chi connectivity index (χ1) is 13.3. The summed E-state index contributed by atoms with van der Waals surface area (Å²) in [4.78, 5) is 24.0. The van der Waals surface area contributed by atoms with Crippen LogP contribution in [0.4, 0.5) is 5.95 Å². The molecule has 1 atom stereocenters. The van der Waals surface area contributed by atoms with Gasteiger partial charge in [-0.15, -0.1) is 0 Å². The molecule has 1 unspecified atom stereocenters. The van der Waals surface area contributed by atoms with E-state index in [1.54, 1.807) is 6.20 Å². The van der Waals surface area contributed by atoms with Crippen LogP contribution in [0.25, 0.3) is 0 Å². The highest BCUT2D eigenvalue weighted by molar-refractivity contribution is 5.95. The van der Waals surface area contributed by atoms with Crippen LogP contribution >= 0.6 is 0 Å². The summed E-state index contributed by atoms with van der Waals surface area (Å²) in [6.45, 7) is 12.2. The van der Waals surface area contributed by atoms with Crippen molar-refractivity contribution in [2.24, 2.45) is 13.0 Å². The fourth-order valence-corrected chi connectivity index (χ4v) is 3.81. The van der Waals surface area contributed by atoms with Crippen molar-refractivity contribution in [3.8, 4) is 0 Å². The zero-order valence-corrected chi connectivity index (χ0v) is 17.9. The maximum Gasteiger partial charge on any atom is 0.254 e. The lowest BCUT2D eigenvalue weighted by molar-refractivity contribution is 0.0938. The van der Waals surface area contributed by atoms with Gasteiger partial charge in [-0.05, 0) is 58.4 Å². The molecule has 0 aliphatic carbocycles. The number of carbonyl (C=O) groups excluding carboxylic acids is 1. The van der Waals surface area contributed by atoms with Crippen LogP contribution in [0.15, 0.2) is 6.20 Å². The highest BCUT2D eigenvalue weighted by Crippen LogP contribution is 2.21. The van der Waals surface area contributed by atoms with Gasteiger partial charge in [0.05, 0.1) is 17.0 Å². The number of aromatic nitrogens is 4. The molecular formula is C21H32N6O. The number of amides is 1. The molecule has 1 fully saturated rings. The van der Waals surface area contributed by atoms with E-state index in [9.17, 15) is 4.79 Å². The summed E-state index contributed by atoms with van der Waals surface area (Å²) < 4.78 is 1.89. The van der Waals surface area contributed by atoms with Gasteiger partial charge in [0.1, 0.15) is 0 Å². The van der Waals surface area contributed by atoms with Gasteiger partial charge < -0.3 is 10.2 Å². The van der Waals surface area contributed by atoms with Crippen molar-refractivity contribution >= 4 is 11.9 Å². The van der Waals surface area contributed by atoms with Gasteiger partial charge in [-0.25, -0.2) is 9.97 Å². The molecule has 3 heterocycles. The Labute approximate surface area is 167 Å². The Morgan fingerprint density at radius 2 is 1.93 bits per heavy atom. The van der Waals surface area contributed by atoms with Gasteiger partial charge in [0, 0.05) is 38.1 Å². The Kier molecular flexibility index (Phi) is 6.01. The Balaban J connectivity index is 1.65. The Bertz CT molecular complexity index is 851. The summed E-state index contributed by atoms with van der Waals surface area (Å²) in [6.07, 6.45) is 4.74. The summed E-state index contributed by atoms with van der Waals surface area (Å²) in [7, 11) is 1.94. The topological polar surface area (TPSA) is 75.9 Å². The molecule has 2 aromatic rings. The molecule has 0 spiro atoms. The predicted molar refractivity (Wildman–Crippen MR) is 111 cm³/mol. The van der Waals surface area contributed by atoms with E-state index < -0.39 is 0 Å². The zero-order chi connectivity index (χ0) is 20.4. The lowest BCUT2D eigenvalue weighted by atomic mass is 10.00. The Hall–Kier alpha value is -2.44. The van der Waals surface area contributed by atoms with Gasteiger partial charge in [-0.1, -0.05) is 6.92 Å². The molecule has 1 saturated heterocycles. The second-order valence-corrected chi connectivity index (χ2v) is 8.19. The first-order valence-electron chi connectivity index (χ1n) is 10.1. The van der Waals surface area contributed by atoms with Gasteiger partial charge in [0.25, 0.3) is 5.91 Å². The van der Waals surface area contributed by atoms with E-state index in [0.29, 0.717) is 5.56 Å². The third-order valence-corrected chi connectivity index (χ3v) is 5.82. The molecule has 3 rings (SSSR count). The molecular weight excluding hydrogens is 352 g/mol. The maximum atomic E-state index is 12.7. The maximum absolute atomic E-state index is 12.7. The molecule has 0 bridgehead atoms. The van der Waals surface area contributed by atoms with Crippen LogP contribution in [0.5, 0.6) is 0 Å². The van der Waals surface area contributed by atoms with E-state index in [0.717, 1.165) is 61.3 Å². The summed E-state index contributed by atoms with van der Waals surface area (Å²) in [5.74, 6) is 1.37. The van der Waals surface area contributed by atoms with Gasteiger partial charge in [0.2, 0.25) is 5.95 Å². The number of nitrogens with one attached hydrogen (secondary N) is 1. The van der Waals surface area contributed by atoms with Crippen molar-refractivity contribution in [2.75, 3.05) is 18.0 Å². The number of rotatable bonds is 5. The van der Waals surface area contributed by atoms with Crippen molar-refractivity contribution in [2.45, 2.75) is 59.9 Å². The number of aryl methyl sites for hydroxylation is 3. The fraction of sp³-hybridized carbons (Fsp3) is 0.619. The van der Waals surface area contributed by atoms with Gasteiger partial charge in [-0.3, -0.25) is 9.48 Å². The fourth-order valence-electron chi connectivity index (χ4n) is 3.81. The molecule has 0 aromatic carbocycles. The first-order valence-corrected chi connectivity index (χ1v) is 10.1. The number of hydrogen-bond donors (Lipinski definition) is 1. The molecule has 7 heteroatoms. The minimum Gasteiger partial charge on any atom is -0.349 e. The van der Waals surface area contributed by atoms with Crippen LogP contribution in [0.2, 0.25) is 0 Å². The summed E-state index contributed by atoms with van der Waals surface area (Å²) in [6, 6.07) is -0.00300.